The van der Waals surface area contributed by atoms with E-state index in [1.807, 2.05) is 19.1 Å². The number of carbonyl (C=O) groups excluding carboxylic acids is 1. The fraction of sp³-hybridized carbons (Fsp3) is 0.143. The molecule has 3 rings (SSSR count). The number of carbonyl (C=O) groups is 1. The van der Waals surface area contributed by atoms with Gasteiger partial charge in [0, 0.05) is 17.3 Å². The summed E-state index contributed by atoms with van der Waals surface area (Å²) in [6.45, 7) is 7.54. The molecule has 11 nitrogen and oxygen atoms in total. The third-order valence-corrected chi connectivity index (χ3v) is 5.33. The summed E-state index contributed by atoms with van der Waals surface area (Å²) in [6, 6.07) is 15.2. The summed E-state index contributed by atoms with van der Waals surface area (Å²) in [6.07, 6.45) is 3.21. The van der Waals surface area contributed by atoms with Gasteiger partial charge in [0.25, 0.3) is 11.6 Å². The minimum atomic E-state index is -0.779. The molecule has 0 heterocycles. The summed E-state index contributed by atoms with van der Waals surface area (Å²) in [7, 11) is 0. The second-order valence-corrected chi connectivity index (χ2v) is 8.19. The van der Waals surface area contributed by atoms with Crippen LogP contribution < -0.4 is 14.8 Å². The molecular weight excluding hydrogens is 504 g/mol. The number of nitrogens with one attached hydrogen (secondary N) is 1. The topological polar surface area (TPSA) is 158 Å². The third-order valence-electron chi connectivity index (χ3n) is 5.33. The number of ether oxygens (including phenoxy) is 2. The molecule has 0 aliphatic rings. The van der Waals surface area contributed by atoms with Crippen LogP contribution in [0.1, 0.15) is 23.6 Å². The molecule has 3 aromatic rings. The van der Waals surface area contributed by atoms with Gasteiger partial charge in [-0.3, -0.25) is 25.0 Å². The molecule has 0 saturated carbocycles. The van der Waals surface area contributed by atoms with Crippen molar-refractivity contribution in [3.05, 3.63) is 110 Å². The van der Waals surface area contributed by atoms with Gasteiger partial charge in [0.15, 0.2) is 11.5 Å². The Balaban J connectivity index is 2.06. The van der Waals surface area contributed by atoms with Crippen molar-refractivity contribution < 1.29 is 24.1 Å². The van der Waals surface area contributed by atoms with E-state index in [9.17, 15) is 30.3 Å². The molecule has 3 aromatic carbocycles. The first kappa shape index (κ1) is 28.1. The largest absolute Gasteiger partial charge is 0.490 e. The Morgan fingerprint density at radius 2 is 1.87 bits per heavy atom. The highest BCUT2D eigenvalue weighted by atomic mass is 16.6. The van der Waals surface area contributed by atoms with Gasteiger partial charge in [0.2, 0.25) is 5.75 Å². The van der Waals surface area contributed by atoms with Gasteiger partial charge in [-0.1, -0.05) is 18.2 Å². The van der Waals surface area contributed by atoms with Gasteiger partial charge in [-0.2, -0.15) is 5.26 Å². The van der Waals surface area contributed by atoms with E-state index in [-0.39, 0.29) is 35.8 Å². The van der Waals surface area contributed by atoms with Crippen molar-refractivity contribution in [2.75, 3.05) is 11.9 Å². The molecule has 0 atom stereocenters. The van der Waals surface area contributed by atoms with Crippen LogP contribution in [-0.2, 0) is 11.2 Å². The molecule has 0 aliphatic carbocycles. The molecule has 0 aliphatic heterocycles. The van der Waals surface area contributed by atoms with Crippen molar-refractivity contribution in [3.8, 4) is 23.3 Å². The molecule has 39 heavy (non-hydrogen) atoms. The Kier molecular flexibility index (Phi) is 9.10. The SMILES string of the molecule is C=CCc1cc(/C=C(\C#N)C(=O)Nc2cccc(C)c2)cc(OCC)c1Oc1ccc([N+](=O)[O-])cc1[N+](=O)[O-]. The summed E-state index contributed by atoms with van der Waals surface area (Å²) in [5.74, 6) is -0.510. The number of non-ortho nitro benzene ring substituents is 1. The van der Waals surface area contributed by atoms with Gasteiger partial charge in [-0.05, 0) is 67.8 Å². The van der Waals surface area contributed by atoms with E-state index in [4.69, 9.17) is 9.47 Å². The number of nitro groups is 2. The van der Waals surface area contributed by atoms with Gasteiger partial charge in [-0.25, -0.2) is 0 Å². The molecule has 0 bridgehead atoms. The molecule has 0 fully saturated rings. The van der Waals surface area contributed by atoms with E-state index < -0.39 is 27.1 Å². The predicted molar refractivity (Wildman–Crippen MR) is 145 cm³/mol. The van der Waals surface area contributed by atoms with Crippen LogP contribution in [0.5, 0.6) is 17.2 Å². The van der Waals surface area contributed by atoms with Crippen LogP contribution in [0.2, 0.25) is 0 Å². The van der Waals surface area contributed by atoms with Gasteiger partial charge in [0.1, 0.15) is 11.6 Å². The van der Waals surface area contributed by atoms with E-state index in [0.717, 1.165) is 23.8 Å². The predicted octanol–water partition coefficient (Wildman–Crippen LogP) is 6.28. The Morgan fingerprint density at radius 3 is 2.49 bits per heavy atom. The van der Waals surface area contributed by atoms with Crippen LogP contribution in [0, 0.1) is 38.5 Å². The number of amides is 1. The lowest BCUT2D eigenvalue weighted by Gasteiger charge is -2.16. The average molecular weight is 529 g/mol. The zero-order valence-electron chi connectivity index (χ0n) is 21.2. The second-order valence-electron chi connectivity index (χ2n) is 8.19. The summed E-state index contributed by atoms with van der Waals surface area (Å²) in [5, 5.41) is 35.1. The van der Waals surface area contributed by atoms with Gasteiger partial charge in [0.05, 0.1) is 22.5 Å². The lowest BCUT2D eigenvalue weighted by Crippen LogP contribution is -2.13. The number of nitriles is 1. The Labute approximate surface area is 223 Å². The number of hydrogen-bond acceptors (Lipinski definition) is 8. The Morgan fingerprint density at radius 1 is 1.10 bits per heavy atom. The third kappa shape index (κ3) is 7.05. The van der Waals surface area contributed by atoms with Crippen molar-refractivity contribution in [1.82, 2.24) is 0 Å². The van der Waals surface area contributed by atoms with Crippen molar-refractivity contribution in [2.24, 2.45) is 0 Å². The minimum absolute atomic E-state index is 0.133. The van der Waals surface area contributed by atoms with Crippen LogP contribution in [0.4, 0.5) is 17.1 Å². The number of rotatable bonds is 11. The molecule has 0 aromatic heterocycles. The highest BCUT2D eigenvalue weighted by Crippen LogP contribution is 2.41. The maximum atomic E-state index is 12.8. The number of allylic oxidation sites excluding steroid dienone is 1. The lowest BCUT2D eigenvalue weighted by atomic mass is 10.0. The zero-order chi connectivity index (χ0) is 28.5. The van der Waals surface area contributed by atoms with Gasteiger partial charge >= 0.3 is 5.69 Å². The van der Waals surface area contributed by atoms with Gasteiger partial charge < -0.3 is 14.8 Å². The molecule has 1 N–H and O–H groups in total. The zero-order valence-corrected chi connectivity index (χ0v) is 21.2. The molecule has 0 spiro atoms. The number of benzene rings is 3. The fourth-order valence-corrected chi connectivity index (χ4v) is 3.65. The first-order chi connectivity index (χ1) is 18.7. The maximum absolute atomic E-state index is 12.8. The second kappa shape index (κ2) is 12.6. The molecular formula is C28H24N4O7. The number of anilines is 1. The van der Waals surface area contributed by atoms with Crippen molar-refractivity contribution in [3.63, 3.8) is 0 Å². The van der Waals surface area contributed by atoms with Crippen molar-refractivity contribution in [2.45, 2.75) is 20.3 Å². The number of hydrogen-bond donors (Lipinski definition) is 1. The first-order valence-electron chi connectivity index (χ1n) is 11.7. The minimum Gasteiger partial charge on any atom is -0.490 e. The van der Waals surface area contributed by atoms with Crippen LogP contribution in [-0.4, -0.2) is 22.4 Å². The van der Waals surface area contributed by atoms with E-state index in [1.54, 1.807) is 37.3 Å². The highest BCUT2D eigenvalue weighted by Gasteiger charge is 2.24. The first-order valence-corrected chi connectivity index (χ1v) is 11.7. The number of nitrogens with zero attached hydrogens (tertiary/aromatic N) is 3. The van der Waals surface area contributed by atoms with Crippen molar-refractivity contribution in [1.29, 1.82) is 5.26 Å². The summed E-state index contributed by atoms with van der Waals surface area (Å²) in [5.41, 5.74) is 1.19. The highest BCUT2D eigenvalue weighted by molar-refractivity contribution is 6.09. The van der Waals surface area contributed by atoms with Crippen LogP contribution in [0.3, 0.4) is 0 Å². The summed E-state index contributed by atoms with van der Waals surface area (Å²) in [4.78, 5) is 34.0. The lowest BCUT2D eigenvalue weighted by molar-refractivity contribution is -0.394. The monoisotopic (exact) mass is 528 g/mol. The molecule has 0 unspecified atom stereocenters. The molecule has 0 radical (unpaired) electrons. The van der Waals surface area contributed by atoms with Crippen LogP contribution in [0.15, 0.2) is 72.8 Å². The van der Waals surface area contributed by atoms with Gasteiger partial charge in [-0.15, -0.1) is 6.58 Å². The Bertz CT molecular complexity index is 1520. The van der Waals surface area contributed by atoms with E-state index >= 15 is 0 Å². The van der Waals surface area contributed by atoms with E-state index in [1.165, 1.54) is 12.1 Å². The van der Waals surface area contributed by atoms with E-state index in [2.05, 4.69) is 11.9 Å². The Hall–Kier alpha value is -5.50. The number of aryl methyl sites for hydroxylation is 1. The average Bonchev–Trinajstić information content (AvgIpc) is 2.89. The van der Waals surface area contributed by atoms with Crippen LogP contribution in [0.25, 0.3) is 6.08 Å². The summed E-state index contributed by atoms with van der Waals surface area (Å²) < 4.78 is 11.6. The molecule has 0 saturated heterocycles. The number of nitro benzene ring substituents is 2. The molecule has 11 heteroatoms. The molecule has 1 amide bonds. The van der Waals surface area contributed by atoms with Crippen LogP contribution >= 0.6 is 0 Å². The smallest absolute Gasteiger partial charge is 0.318 e. The molecule has 198 valence electrons. The van der Waals surface area contributed by atoms with E-state index in [0.29, 0.717) is 16.8 Å². The fourth-order valence-electron chi connectivity index (χ4n) is 3.65. The normalized spacial score (nSPS) is 10.7. The van der Waals surface area contributed by atoms with Crippen molar-refractivity contribution >= 4 is 29.0 Å². The maximum Gasteiger partial charge on any atom is 0.318 e. The standard InChI is InChI=1S/C28H24N4O7/c1-4-7-20-13-19(14-21(17-29)28(33)30-22-9-6-8-18(3)12-22)15-26(38-5-2)27(20)39-25-11-10-23(31(34)35)16-24(25)32(36)37/h4,6,8-16H,1,5,7H2,2-3H3,(H,30,33)/b21-14+. The summed E-state index contributed by atoms with van der Waals surface area (Å²) >= 11 is 0. The quantitative estimate of drug-likeness (QED) is 0.100.